The Morgan fingerprint density at radius 2 is 1.75 bits per heavy atom. The van der Waals surface area contributed by atoms with Crippen molar-refractivity contribution >= 4 is 11.9 Å². The number of amides is 1. The number of benzene rings is 1. The van der Waals surface area contributed by atoms with Gasteiger partial charge in [0, 0.05) is 13.6 Å². The van der Waals surface area contributed by atoms with Crippen LogP contribution in [0.4, 0.5) is 13.2 Å². The number of carboxylic acids is 1. The summed E-state index contributed by atoms with van der Waals surface area (Å²) in [4.78, 5) is 23.3. The number of hydrogen-bond acceptors (Lipinski definition) is 2. The van der Waals surface area contributed by atoms with Gasteiger partial charge in [-0.3, -0.25) is 9.59 Å². The summed E-state index contributed by atoms with van der Waals surface area (Å²) in [5, 5.41) is 8.50. The second-order valence-corrected chi connectivity index (χ2v) is 4.33. The Morgan fingerprint density at radius 3 is 2.20 bits per heavy atom. The standard InChI is InChI=1S/C13H14F3NO3/c1-17(7-6-12(19)20)11(18)8-9-2-4-10(5-3-9)13(14,15)16/h2-5H,6-8H2,1H3,(H,19,20). The highest BCUT2D eigenvalue weighted by atomic mass is 19.4. The van der Waals surface area contributed by atoms with Crippen molar-refractivity contribution in [3.63, 3.8) is 0 Å². The smallest absolute Gasteiger partial charge is 0.416 e. The third-order valence-electron chi connectivity index (χ3n) is 2.72. The van der Waals surface area contributed by atoms with Gasteiger partial charge in [-0.15, -0.1) is 0 Å². The molecule has 7 heteroatoms. The fourth-order valence-electron chi connectivity index (χ4n) is 1.51. The fourth-order valence-corrected chi connectivity index (χ4v) is 1.51. The summed E-state index contributed by atoms with van der Waals surface area (Å²) < 4.78 is 37.1. The Labute approximate surface area is 113 Å². The number of rotatable bonds is 5. The first-order valence-corrected chi connectivity index (χ1v) is 5.82. The van der Waals surface area contributed by atoms with Crippen molar-refractivity contribution in [1.82, 2.24) is 4.90 Å². The van der Waals surface area contributed by atoms with Crippen LogP contribution in [0.25, 0.3) is 0 Å². The van der Waals surface area contributed by atoms with Crippen molar-refractivity contribution in [3.05, 3.63) is 35.4 Å². The predicted molar refractivity (Wildman–Crippen MR) is 65.0 cm³/mol. The molecule has 4 nitrogen and oxygen atoms in total. The SMILES string of the molecule is CN(CCC(=O)O)C(=O)Cc1ccc(C(F)(F)F)cc1. The number of aliphatic carboxylic acids is 1. The van der Waals surface area contributed by atoms with Crippen molar-refractivity contribution in [1.29, 1.82) is 0 Å². The summed E-state index contributed by atoms with van der Waals surface area (Å²) in [5.74, 6) is -1.36. The van der Waals surface area contributed by atoms with E-state index in [4.69, 9.17) is 5.11 Å². The number of carbonyl (C=O) groups excluding carboxylic acids is 1. The van der Waals surface area contributed by atoms with Crippen LogP contribution in [-0.2, 0) is 22.2 Å². The number of carboxylic acid groups (broad SMARTS) is 1. The molecule has 0 fully saturated rings. The molecule has 1 amide bonds. The molecule has 0 aliphatic heterocycles. The third-order valence-corrected chi connectivity index (χ3v) is 2.72. The summed E-state index contributed by atoms with van der Waals surface area (Å²) in [5.41, 5.74) is -0.321. The number of carbonyl (C=O) groups is 2. The lowest BCUT2D eigenvalue weighted by Crippen LogP contribution is -2.30. The van der Waals surface area contributed by atoms with Gasteiger partial charge in [0.15, 0.2) is 0 Å². The van der Waals surface area contributed by atoms with Gasteiger partial charge in [-0.05, 0) is 17.7 Å². The number of hydrogen-bond donors (Lipinski definition) is 1. The van der Waals surface area contributed by atoms with E-state index in [1.54, 1.807) is 0 Å². The van der Waals surface area contributed by atoms with Crippen LogP contribution >= 0.6 is 0 Å². The van der Waals surface area contributed by atoms with Crippen molar-refractivity contribution in [3.8, 4) is 0 Å². The van der Waals surface area contributed by atoms with Gasteiger partial charge in [0.2, 0.25) is 5.91 Å². The van der Waals surface area contributed by atoms with Gasteiger partial charge >= 0.3 is 12.1 Å². The summed E-state index contributed by atoms with van der Waals surface area (Å²) in [6, 6.07) is 4.32. The third kappa shape index (κ3) is 4.91. The van der Waals surface area contributed by atoms with Crippen LogP contribution in [0.1, 0.15) is 17.5 Å². The van der Waals surface area contributed by atoms with Gasteiger partial charge in [0.1, 0.15) is 0 Å². The van der Waals surface area contributed by atoms with E-state index in [0.29, 0.717) is 5.56 Å². The van der Waals surface area contributed by atoms with E-state index < -0.39 is 17.7 Å². The average molecular weight is 289 g/mol. The van der Waals surface area contributed by atoms with Gasteiger partial charge in [-0.25, -0.2) is 0 Å². The van der Waals surface area contributed by atoms with Crippen LogP contribution in [0.3, 0.4) is 0 Å². The Hall–Kier alpha value is -2.05. The van der Waals surface area contributed by atoms with Crippen LogP contribution in [0.5, 0.6) is 0 Å². The predicted octanol–water partition coefficient (Wildman–Crippen LogP) is 2.18. The molecule has 20 heavy (non-hydrogen) atoms. The minimum atomic E-state index is -4.40. The van der Waals surface area contributed by atoms with E-state index in [9.17, 15) is 22.8 Å². The van der Waals surface area contributed by atoms with E-state index in [2.05, 4.69) is 0 Å². The Balaban J connectivity index is 2.60. The summed E-state index contributed by atoms with van der Waals surface area (Å²) in [7, 11) is 1.45. The maximum absolute atomic E-state index is 12.4. The highest BCUT2D eigenvalue weighted by Gasteiger charge is 2.30. The molecule has 0 atom stereocenters. The van der Waals surface area contributed by atoms with Crippen LogP contribution < -0.4 is 0 Å². The summed E-state index contributed by atoms with van der Waals surface area (Å²) in [6.45, 7) is 0.0643. The first-order valence-electron chi connectivity index (χ1n) is 5.82. The molecule has 1 rings (SSSR count). The van der Waals surface area contributed by atoms with E-state index in [0.717, 1.165) is 12.1 Å². The zero-order chi connectivity index (χ0) is 15.3. The fraction of sp³-hybridized carbons (Fsp3) is 0.385. The van der Waals surface area contributed by atoms with Gasteiger partial charge in [-0.1, -0.05) is 12.1 Å². The molecule has 0 aromatic heterocycles. The second-order valence-electron chi connectivity index (χ2n) is 4.33. The molecule has 0 spiro atoms. The van der Waals surface area contributed by atoms with Crippen LogP contribution in [0.15, 0.2) is 24.3 Å². The van der Waals surface area contributed by atoms with Gasteiger partial charge in [0.25, 0.3) is 0 Å². The van der Waals surface area contributed by atoms with E-state index in [1.165, 1.54) is 24.1 Å². The molecule has 0 bridgehead atoms. The van der Waals surface area contributed by atoms with Crippen molar-refractivity contribution in [2.75, 3.05) is 13.6 Å². The zero-order valence-corrected chi connectivity index (χ0v) is 10.8. The molecule has 0 saturated heterocycles. The van der Waals surface area contributed by atoms with Gasteiger partial charge in [0.05, 0.1) is 18.4 Å². The average Bonchev–Trinajstić information content (AvgIpc) is 2.35. The lowest BCUT2D eigenvalue weighted by molar-refractivity contribution is -0.138. The number of likely N-dealkylation sites (N-methyl/N-ethyl adjacent to an activating group) is 1. The first-order chi connectivity index (χ1) is 9.20. The lowest BCUT2D eigenvalue weighted by atomic mass is 10.1. The Bertz CT molecular complexity index is 483. The van der Waals surface area contributed by atoms with E-state index >= 15 is 0 Å². The first kappa shape index (κ1) is 16.0. The molecule has 110 valence electrons. The summed E-state index contributed by atoms with van der Waals surface area (Å²) >= 11 is 0. The molecule has 0 unspecified atom stereocenters. The molecular formula is C13H14F3NO3. The topological polar surface area (TPSA) is 57.6 Å². The van der Waals surface area contributed by atoms with Gasteiger partial charge < -0.3 is 10.0 Å². The molecule has 1 N–H and O–H groups in total. The normalized spacial score (nSPS) is 11.2. The number of halogens is 3. The highest BCUT2D eigenvalue weighted by molar-refractivity contribution is 5.79. The Morgan fingerprint density at radius 1 is 1.20 bits per heavy atom. The second kappa shape index (κ2) is 6.40. The van der Waals surface area contributed by atoms with Crippen molar-refractivity contribution in [2.24, 2.45) is 0 Å². The van der Waals surface area contributed by atoms with Crippen LogP contribution in [-0.4, -0.2) is 35.5 Å². The lowest BCUT2D eigenvalue weighted by Gasteiger charge is -2.16. The van der Waals surface area contributed by atoms with E-state index in [-0.39, 0.29) is 25.3 Å². The largest absolute Gasteiger partial charge is 0.481 e. The molecule has 1 aromatic carbocycles. The maximum Gasteiger partial charge on any atom is 0.416 e. The minimum Gasteiger partial charge on any atom is -0.481 e. The van der Waals surface area contributed by atoms with Gasteiger partial charge in [-0.2, -0.15) is 13.2 Å². The minimum absolute atomic E-state index is 0.0613. The number of alkyl halides is 3. The molecular weight excluding hydrogens is 275 g/mol. The van der Waals surface area contributed by atoms with E-state index in [1.807, 2.05) is 0 Å². The quantitative estimate of drug-likeness (QED) is 0.904. The molecule has 0 aliphatic carbocycles. The molecule has 0 aliphatic rings. The zero-order valence-electron chi connectivity index (χ0n) is 10.8. The van der Waals surface area contributed by atoms with Crippen LogP contribution in [0.2, 0.25) is 0 Å². The van der Waals surface area contributed by atoms with Crippen molar-refractivity contribution in [2.45, 2.75) is 19.0 Å². The van der Waals surface area contributed by atoms with Crippen molar-refractivity contribution < 1.29 is 27.9 Å². The highest BCUT2D eigenvalue weighted by Crippen LogP contribution is 2.29. The van der Waals surface area contributed by atoms with Crippen LogP contribution in [0, 0.1) is 0 Å². The molecule has 0 saturated carbocycles. The molecule has 1 aromatic rings. The summed E-state index contributed by atoms with van der Waals surface area (Å²) in [6.07, 6.45) is -4.63. The Kier molecular flexibility index (Phi) is 5.12. The number of nitrogens with zero attached hydrogens (tertiary/aromatic N) is 1. The molecule has 0 heterocycles. The monoisotopic (exact) mass is 289 g/mol. The molecule has 0 radical (unpaired) electrons. The maximum atomic E-state index is 12.4.